The first kappa shape index (κ1) is 12.5. The number of benzene rings is 2. The summed E-state index contributed by atoms with van der Waals surface area (Å²) in [6.07, 6.45) is 0. The van der Waals surface area contributed by atoms with Crippen LogP contribution in [0.15, 0.2) is 42.5 Å². The van der Waals surface area contributed by atoms with Crippen LogP contribution in [-0.4, -0.2) is 0 Å². The minimum Gasteiger partial charge on any atom is -0.489 e. The van der Waals surface area contributed by atoms with E-state index in [9.17, 15) is 0 Å². The molecule has 2 aromatic carbocycles. The summed E-state index contributed by atoms with van der Waals surface area (Å²) in [4.78, 5) is 0. The summed E-state index contributed by atoms with van der Waals surface area (Å²) >= 11 is 5.92. The third-order valence-corrected chi connectivity index (χ3v) is 2.84. The molecule has 18 heavy (non-hydrogen) atoms. The second kappa shape index (κ2) is 5.57. The van der Waals surface area contributed by atoms with E-state index in [4.69, 9.17) is 21.6 Å². The molecule has 90 valence electrons. The third-order valence-electron chi connectivity index (χ3n) is 2.60. The van der Waals surface area contributed by atoms with Gasteiger partial charge in [-0.2, -0.15) is 5.26 Å². The molecule has 2 nitrogen and oxygen atoms in total. The van der Waals surface area contributed by atoms with E-state index in [1.54, 1.807) is 12.1 Å². The van der Waals surface area contributed by atoms with Crippen molar-refractivity contribution in [3.63, 3.8) is 0 Å². The van der Waals surface area contributed by atoms with E-state index in [0.717, 1.165) is 16.9 Å². The Bertz CT molecular complexity index is 602. The van der Waals surface area contributed by atoms with Crippen LogP contribution in [0.4, 0.5) is 0 Å². The molecular formula is C15H12ClNO. The first-order valence-corrected chi connectivity index (χ1v) is 5.95. The number of halogens is 1. The zero-order chi connectivity index (χ0) is 13.0. The average Bonchev–Trinajstić information content (AvgIpc) is 2.40. The Morgan fingerprint density at radius 3 is 2.83 bits per heavy atom. The monoisotopic (exact) mass is 257 g/mol. The topological polar surface area (TPSA) is 33.0 Å². The van der Waals surface area contributed by atoms with Gasteiger partial charge in [-0.15, -0.1) is 0 Å². The molecule has 0 aliphatic rings. The number of hydrogen-bond acceptors (Lipinski definition) is 2. The lowest BCUT2D eigenvalue weighted by Gasteiger charge is -2.09. The predicted octanol–water partition coefficient (Wildman–Crippen LogP) is 4.10. The lowest BCUT2D eigenvalue weighted by Crippen LogP contribution is -1.97. The molecule has 0 heterocycles. The average molecular weight is 258 g/mol. The van der Waals surface area contributed by atoms with Gasteiger partial charge in [0, 0.05) is 5.02 Å². The molecule has 2 rings (SSSR count). The summed E-state index contributed by atoms with van der Waals surface area (Å²) in [5, 5.41) is 9.47. The highest BCUT2D eigenvalue weighted by atomic mass is 35.5. The molecule has 2 aromatic rings. The predicted molar refractivity (Wildman–Crippen MR) is 71.7 cm³/mol. The highest BCUT2D eigenvalue weighted by Gasteiger charge is 2.02. The second-order valence-corrected chi connectivity index (χ2v) is 4.45. The molecule has 0 atom stereocenters. The zero-order valence-corrected chi connectivity index (χ0v) is 10.7. The first-order chi connectivity index (χ1) is 8.69. The molecule has 0 N–H and O–H groups in total. The molecule has 3 heteroatoms. The highest BCUT2D eigenvalue weighted by molar-refractivity contribution is 6.30. The Hall–Kier alpha value is -1.98. The van der Waals surface area contributed by atoms with Crippen molar-refractivity contribution in [2.45, 2.75) is 13.5 Å². The van der Waals surface area contributed by atoms with Gasteiger partial charge in [0.15, 0.2) is 0 Å². The molecule has 0 aliphatic heterocycles. The van der Waals surface area contributed by atoms with Gasteiger partial charge in [-0.05, 0) is 42.3 Å². The summed E-state index contributed by atoms with van der Waals surface area (Å²) in [6.45, 7) is 2.40. The van der Waals surface area contributed by atoms with Crippen LogP contribution in [0.3, 0.4) is 0 Å². The van der Waals surface area contributed by atoms with Crippen molar-refractivity contribution in [2.75, 3.05) is 0 Å². The molecule has 0 radical (unpaired) electrons. The van der Waals surface area contributed by atoms with E-state index >= 15 is 0 Å². The minimum atomic E-state index is 0.427. The lowest BCUT2D eigenvalue weighted by atomic mass is 10.1. The van der Waals surface area contributed by atoms with Gasteiger partial charge < -0.3 is 4.74 Å². The number of aryl methyl sites for hydroxylation is 1. The number of ether oxygens (including phenoxy) is 1. The zero-order valence-electron chi connectivity index (χ0n) is 9.98. The quantitative estimate of drug-likeness (QED) is 0.829. The van der Waals surface area contributed by atoms with Gasteiger partial charge in [0.25, 0.3) is 0 Å². The molecule has 0 saturated carbocycles. The Labute approximate surface area is 111 Å². The van der Waals surface area contributed by atoms with Crippen LogP contribution in [0.5, 0.6) is 5.75 Å². The standard InChI is InChI=1S/C15H12ClNO/c1-11-5-6-14(16)8-15(11)18-10-13-4-2-3-12(7-13)9-17/h2-8H,10H2,1H3. The maximum atomic E-state index is 8.82. The normalized spacial score (nSPS) is 9.83. The van der Waals surface area contributed by atoms with Crippen molar-refractivity contribution in [3.05, 3.63) is 64.2 Å². The van der Waals surface area contributed by atoms with E-state index in [0.29, 0.717) is 17.2 Å². The van der Waals surface area contributed by atoms with Crippen LogP contribution in [0.2, 0.25) is 5.02 Å². The number of nitrogens with zero attached hydrogens (tertiary/aromatic N) is 1. The van der Waals surface area contributed by atoms with E-state index in [1.165, 1.54) is 0 Å². The molecule has 0 spiro atoms. The summed E-state index contributed by atoms with van der Waals surface area (Å²) in [5.41, 5.74) is 2.64. The minimum absolute atomic E-state index is 0.427. The van der Waals surface area contributed by atoms with Gasteiger partial charge in [-0.25, -0.2) is 0 Å². The Kier molecular flexibility index (Phi) is 3.86. The molecule has 0 fully saturated rings. The van der Waals surface area contributed by atoms with Crippen molar-refractivity contribution in [3.8, 4) is 11.8 Å². The van der Waals surface area contributed by atoms with Crippen LogP contribution in [0.25, 0.3) is 0 Å². The van der Waals surface area contributed by atoms with Gasteiger partial charge in [0.2, 0.25) is 0 Å². The third kappa shape index (κ3) is 3.03. The summed E-state index contributed by atoms with van der Waals surface area (Å²) in [6, 6.07) is 15.0. The van der Waals surface area contributed by atoms with E-state index in [2.05, 4.69) is 6.07 Å². The largest absolute Gasteiger partial charge is 0.489 e. The smallest absolute Gasteiger partial charge is 0.124 e. The molecule has 0 aromatic heterocycles. The fourth-order valence-electron chi connectivity index (χ4n) is 1.62. The van der Waals surface area contributed by atoms with E-state index in [1.807, 2.05) is 37.3 Å². The molecule has 0 unspecified atom stereocenters. The van der Waals surface area contributed by atoms with Crippen LogP contribution in [-0.2, 0) is 6.61 Å². The molecule has 0 saturated heterocycles. The van der Waals surface area contributed by atoms with Crippen LogP contribution in [0.1, 0.15) is 16.7 Å². The van der Waals surface area contributed by atoms with E-state index in [-0.39, 0.29) is 0 Å². The Morgan fingerprint density at radius 1 is 1.22 bits per heavy atom. The van der Waals surface area contributed by atoms with Gasteiger partial charge in [0.1, 0.15) is 12.4 Å². The summed E-state index contributed by atoms with van der Waals surface area (Å²) in [7, 11) is 0. The maximum absolute atomic E-state index is 8.82. The van der Waals surface area contributed by atoms with Gasteiger partial charge in [-0.1, -0.05) is 29.8 Å². The van der Waals surface area contributed by atoms with Gasteiger partial charge in [0.05, 0.1) is 11.6 Å². The lowest BCUT2D eigenvalue weighted by molar-refractivity contribution is 0.304. The number of rotatable bonds is 3. The van der Waals surface area contributed by atoms with Crippen LogP contribution >= 0.6 is 11.6 Å². The second-order valence-electron chi connectivity index (χ2n) is 4.01. The van der Waals surface area contributed by atoms with Gasteiger partial charge in [-0.3, -0.25) is 0 Å². The number of nitriles is 1. The SMILES string of the molecule is Cc1ccc(Cl)cc1OCc1cccc(C#N)c1. The first-order valence-electron chi connectivity index (χ1n) is 5.57. The van der Waals surface area contributed by atoms with Crippen molar-refractivity contribution in [1.82, 2.24) is 0 Å². The Balaban J connectivity index is 2.11. The maximum Gasteiger partial charge on any atom is 0.124 e. The highest BCUT2D eigenvalue weighted by Crippen LogP contribution is 2.23. The Morgan fingerprint density at radius 2 is 2.06 bits per heavy atom. The van der Waals surface area contributed by atoms with Crippen molar-refractivity contribution < 1.29 is 4.74 Å². The van der Waals surface area contributed by atoms with Crippen LogP contribution < -0.4 is 4.74 Å². The molecular weight excluding hydrogens is 246 g/mol. The van der Waals surface area contributed by atoms with E-state index < -0.39 is 0 Å². The molecule has 0 aliphatic carbocycles. The fraction of sp³-hybridized carbons (Fsp3) is 0.133. The van der Waals surface area contributed by atoms with Crippen molar-refractivity contribution in [1.29, 1.82) is 5.26 Å². The van der Waals surface area contributed by atoms with Crippen molar-refractivity contribution >= 4 is 11.6 Å². The summed E-state index contributed by atoms with van der Waals surface area (Å²) in [5.74, 6) is 0.768. The molecule has 0 amide bonds. The fourth-order valence-corrected chi connectivity index (χ4v) is 1.78. The summed E-state index contributed by atoms with van der Waals surface area (Å²) < 4.78 is 5.71. The van der Waals surface area contributed by atoms with Crippen LogP contribution in [0, 0.1) is 18.3 Å². The van der Waals surface area contributed by atoms with Crippen molar-refractivity contribution in [2.24, 2.45) is 0 Å². The molecule has 0 bridgehead atoms. The van der Waals surface area contributed by atoms with Gasteiger partial charge >= 0.3 is 0 Å². The number of hydrogen-bond donors (Lipinski definition) is 0.